The Kier molecular flexibility index (Phi) is 4.51. The number of aliphatic hydroxyl groups is 1. The molecule has 0 saturated carbocycles. The number of hydrogen-bond acceptors (Lipinski definition) is 3. The van der Waals surface area contributed by atoms with Gasteiger partial charge in [-0.25, -0.2) is 0 Å². The van der Waals surface area contributed by atoms with Gasteiger partial charge in [0.25, 0.3) is 0 Å². The number of aliphatic hydroxyl groups excluding tert-OH is 1. The number of ether oxygens (including phenoxy) is 1. The molecule has 1 aromatic heterocycles. The quantitative estimate of drug-likeness (QED) is 0.760. The third kappa shape index (κ3) is 3.35. The van der Waals surface area contributed by atoms with Crippen molar-refractivity contribution in [2.75, 3.05) is 6.61 Å². The van der Waals surface area contributed by atoms with E-state index >= 15 is 0 Å². The molecule has 4 nitrogen and oxygen atoms in total. The zero-order valence-corrected chi connectivity index (χ0v) is 12.2. The average molecular weight is 294 g/mol. The first kappa shape index (κ1) is 14.4. The Morgan fingerprint density at radius 2 is 1.64 bits per heavy atom. The first-order valence-corrected chi connectivity index (χ1v) is 7.27. The molecule has 4 heteroatoms. The van der Waals surface area contributed by atoms with Gasteiger partial charge in [0.15, 0.2) is 0 Å². The van der Waals surface area contributed by atoms with Crippen molar-refractivity contribution in [3.63, 3.8) is 0 Å². The Balaban J connectivity index is 1.85. The van der Waals surface area contributed by atoms with Crippen molar-refractivity contribution in [3.8, 4) is 17.0 Å². The average Bonchev–Trinajstić information content (AvgIpc) is 2.98. The molecule has 1 N–H and O–H groups in total. The minimum atomic E-state index is 0.0496. The Bertz CT molecular complexity index is 708. The van der Waals surface area contributed by atoms with E-state index in [-0.39, 0.29) is 6.61 Å². The SMILES string of the molecule is OCCn1cc(-c2ccccc2)c(OCc2ccccc2)n1. The Morgan fingerprint density at radius 3 is 2.32 bits per heavy atom. The molecule has 0 aliphatic carbocycles. The summed E-state index contributed by atoms with van der Waals surface area (Å²) in [6, 6.07) is 20.0. The number of benzene rings is 2. The number of nitrogens with zero attached hydrogens (tertiary/aromatic N) is 2. The van der Waals surface area contributed by atoms with E-state index in [2.05, 4.69) is 5.10 Å². The molecule has 0 fully saturated rings. The van der Waals surface area contributed by atoms with Crippen LogP contribution in [0.5, 0.6) is 5.88 Å². The van der Waals surface area contributed by atoms with E-state index in [0.717, 1.165) is 16.7 Å². The standard InChI is InChI=1S/C18H18N2O2/c21-12-11-20-13-17(16-9-5-2-6-10-16)18(19-20)22-14-15-7-3-1-4-8-15/h1-10,13,21H,11-12,14H2. The lowest BCUT2D eigenvalue weighted by Crippen LogP contribution is -2.03. The normalized spacial score (nSPS) is 10.6. The molecule has 0 saturated heterocycles. The topological polar surface area (TPSA) is 47.3 Å². The summed E-state index contributed by atoms with van der Waals surface area (Å²) in [7, 11) is 0. The second-order valence-electron chi connectivity index (χ2n) is 4.97. The van der Waals surface area contributed by atoms with Crippen LogP contribution in [0.15, 0.2) is 66.9 Å². The molecular formula is C18H18N2O2. The summed E-state index contributed by atoms with van der Waals surface area (Å²) in [5, 5.41) is 13.5. The van der Waals surface area contributed by atoms with Crippen LogP contribution in [-0.4, -0.2) is 21.5 Å². The lowest BCUT2D eigenvalue weighted by atomic mass is 10.1. The van der Waals surface area contributed by atoms with Gasteiger partial charge in [0.05, 0.1) is 18.7 Å². The molecule has 0 bridgehead atoms. The lowest BCUT2D eigenvalue weighted by molar-refractivity contribution is 0.260. The minimum Gasteiger partial charge on any atom is -0.471 e. The maximum atomic E-state index is 9.10. The predicted octanol–water partition coefficient (Wildman–Crippen LogP) is 3.12. The smallest absolute Gasteiger partial charge is 0.241 e. The van der Waals surface area contributed by atoms with Crippen LogP contribution in [0.4, 0.5) is 0 Å². The molecule has 3 aromatic rings. The predicted molar refractivity (Wildman–Crippen MR) is 85.5 cm³/mol. The Morgan fingerprint density at radius 1 is 0.955 bits per heavy atom. The molecule has 0 radical (unpaired) electrons. The van der Waals surface area contributed by atoms with E-state index in [1.54, 1.807) is 4.68 Å². The maximum absolute atomic E-state index is 9.10. The summed E-state index contributed by atoms with van der Waals surface area (Å²) >= 11 is 0. The van der Waals surface area contributed by atoms with Crippen molar-refractivity contribution in [3.05, 3.63) is 72.4 Å². The molecule has 0 spiro atoms. The Hall–Kier alpha value is -2.59. The third-order valence-electron chi connectivity index (χ3n) is 3.36. The number of rotatable bonds is 6. The van der Waals surface area contributed by atoms with Gasteiger partial charge in [-0.3, -0.25) is 4.68 Å². The molecule has 0 atom stereocenters. The van der Waals surface area contributed by atoms with E-state index in [9.17, 15) is 0 Å². The van der Waals surface area contributed by atoms with E-state index in [0.29, 0.717) is 19.0 Å². The highest BCUT2D eigenvalue weighted by Crippen LogP contribution is 2.29. The summed E-state index contributed by atoms with van der Waals surface area (Å²) in [5.41, 5.74) is 3.08. The van der Waals surface area contributed by atoms with Crippen molar-refractivity contribution >= 4 is 0 Å². The van der Waals surface area contributed by atoms with E-state index < -0.39 is 0 Å². The van der Waals surface area contributed by atoms with Gasteiger partial charge < -0.3 is 9.84 Å². The summed E-state index contributed by atoms with van der Waals surface area (Å²) < 4.78 is 7.60. The molecular weight excluding hydrogens is 276 g/mol. The van der Waals surface area contributed by atoms with Crippen LogP contribution >= 0.6 is 0 Å². The van der Waals surface area contributed by atoms with Gasteiger partial charge in [-0.05, 0) is 11.1 Å². The molecule has 0 aliphatic heterocycles. The molecule has 0 amide bonds. The van der Waals surface area contributed by atoms with E-state index in [4.69, 9.17) is 9.84 Å². The molecule has 112 valence electrons. The van der Waals surface area contributed by atoms with Crippen LogP contribution in [0.25, 0.3) is 11.1 Å². The first-order chi connectivity index (χ1) is 10.9. The highest BCUT2D eigenvalue weighted by atomic mass is 16.5. The zero-order valence-electron chi connectivity index (χ0n) is 12.2. The lowest BCUT2D eigenvalue weighted by Gasteiger charge is -2.05. The monoisotopic (exact) mass is 294 g/mol. The van der Waals surface area contributed by atoms with Gasteiger partial charge in [0.2, 0.25) is 5.88 Å². The van der Waals surface area contributed by atoms with Gasteiger partial charge >= 0.3 is 0 Å². The van der Waals surface area contributed by atoms with Crippen LogP contribution in [0, 0.1) is 0 Å². The van der Waals surface area contributed by atoms with Crippen LogP contribution in [0.3, 0.4) is 0 Å². The second-order valence-corrected chi connectivity index (χ2v) is 4.97. The van der Waals surface area contributed by atoms with Gasteiger partial charge in [-0.1, -0.05) is 60.7 Å². The van der Waals surface area contributed by atoms with Gasteiger partial charge in [0, 0.05) is 6.20 Å². The van der Waals surface area contributed by atoms with Gasteiger partial charge in [-0.2, -0.15) is 0 Å². The van der Waals surface area contributed by atoms with Gasteiger partial charge in [0.1, 0.15) is 6.61 Å². The van der Waals surface area contributed by atoms with Crippen LogP contribution in [0.2, 0.25) is 0 Å². The molecule has 22 heavy (non-hydrogen) atoms. The molecule has 0 unspecified atom stereocenters. The Labute approximate surface area is 129 Å². The molecule has 3 rings (SSSR count). The fraction of sp³-hybridized carbons (Fsp3) is 0.167. The number of hydrogen-bond donors (Lipinski definition) is 1. The molecule has 1 heterocycles. The van der Waals surface area contributed by atoms with Crippen molar-refractivity contribution in [2.24, 2.45) is 0 Å². The maximum Gasteiger partial charge on any atom is 0.241 e. The van der Waals surface area contributed by atoms with Crippen LogP contribution < -0.4 is 4.74 Å². The fourth-order valence-corrected chi connectivity index (χ4v) is 2.27. The molecule has 0 aliphatic rings. The largest absolute Gasteiger partial charge is 0.471 e. The highest BCUT2D eigenvalue weighted by Gasteiger charge is 2.12. The van der Waals surface area contributed by atoms with E-state index in [1.165, 1.54) is 0 Å². The van der Waals surface area contributed by atoms with Crippen molar-refractivity contribution in [1.29, 1.82) is 0 Å². The zero-order chi connectivity index (χ0) is 15.2. The minimum absolute atomic E-state index is 0.0496. The summed E-state index contributed by atoms with van der Waals surface area (Å²) in [6.45, 7) is 0.972. The second kappa shape index (κ2) is 6.91. The van der Waals surface area contributed by atoms with Crippen LogP contribution in [-0.2, 0) is 13.2 Å². The van der Waals surface area contributed by atoms with Crippen molar-refractivity contribution < 1.29 is 9.84 Å². The number of aromatic nitrogens is 2. The van der Waals surface area contributed by atoms with Crippen molar-refractivity contribution in [1.82, 2.24) is 9.78 Å². The summed E-state index contributed by atoms with van der Waals surface area (Å²) in [5.74, 6) is 0.587. The third-order valence-corrected chi connectivity index (χ3v) is 3.36. The highest BCUT2D eigenvalue weighted by molar-refractivity contribution is 5.67. The van der Waals surface area contributed by atoms with Gasteiger partial charge in [-0.15, -0.1) is 5.10 Å². The molecule has 2 aromatic carbocycles. The summed E-state index contributed by atoms with van der Waals surface area (Å²) in [4.78, 5) is 0. The summed E-state index contributed by atoms with van der Waals surface area (Å²) in [6.07, 6.45) is 1.91. The van der Waals surface area contributed by atoms with E-state index in [1.807, 2.05) is 66.9 Å². The fourth-order valence-electron chi connectivity index (χ4n) is 2.27. The van der Waals surface area contributed by atoms with Crippen molar-refractivity contribution in [2.45, 2.75) is 13.2 Å². The first-order valence-electron chi connectivity index (χ1n) is 7.27. The van der Waals surface area contributed by atoms with Crippen LogP contribution in [0.1, 0.15) is 5.56 Å².